The Labute approximate surface area is 164 Å². The van der Waals surface area contributed by atoms with Crippen molar-refractivity contribution in [3.05, 3.63) is 46.8 Å². The van der Waals surface area contributed by atoms with Crippen molar-refractivity contribution in [2.75, 3.05) is 12.8 Å². The van der Waals surface area contributed by atoms with E-state index in [4.69, 9.17) is 5.11 Å². The number of aliphatic carboxylic acids is 1. The summed E-state index contributed by atoms with van der Waals surface area (Å²) in [6.07, 6.45) is 2.57. The number of carbonyl (C=O) groups excluding carboxylic acids is 1. The molecule has 0 aliphatic rings. The van der Waals surface area contributed by atoms with Crippen LogP contribution in [0.25, 0.3) is 5.69 Å². The quantitative estimate of drug-likeness (QED) is 0.723. The Hall–Kier alpha value is -2.28. The van der Waals surface area contributed by atoms with Crippen LogP contribution in [0.4, 0.5) is 0 Å². The molecule has 1 amide bonds. The minimum absolute atomic E-state index is 0.00828. The van der Waals surface area contributed by atoms with Crippen molar-refractivity contribution in [3.8, 4) is 5.69 Å². The number of carboxylic acid groups (broad SMARTS) is 1. The monoisotopic (exact) mass is 389 g/mol. The summed E-state index contributed by atoms with van der Waals surface area (Å²) in [5, 5.41) is 16.4. The van der Waals surface area contributed by atoms with Crippen molar-refractivity contribution >= 4 is 23.6 Å². The summed E-state index contributed by atoms with van der Waals surface area (Å²) >= 11 is 1.71. The smallest absolute Gasteiger partial charge is 0.303 e. The molecule has 0 bridgehead atoms. The number of aryl methyl sites for hydroxylation is 1. The van der Waals surface area contributed by atoms with Gasteiger partial charge in [-0.05, 0) is 70.2 Å². The van der Waals surface area contributed by atoms with Crippen LogP contribution in [0.3, 0.4) is 0 Å². The van der Waals surface area contributed by atoms with Gasteiger partial charge in [-0.2, -0.15) is 16.9 Å². The molecule has 2 aromatic rings. The third kappa shape index (κ3) is 5.35. The van der Waals surface area contributed by atoms with E-state index in [0.29, 0.717) is 18.5 Å². The highest BCUT2D eigenvalue weighted by molar-refractivity contribution is 7.99. The average molecular weight is 390 g/mol. The molecule has 0 spiro atoms. The van der Waals surface area contributed by atoms with Gasteiger partial charge >= 0.3 is 5.97 Å². The van der Waals surface area contributed by atoms with E-state index < -0.39 is 5.97 Å². The van der Waals surface area contributed by atoms with E-state index in [9.17, 15) is 9.59 Å². The largest absolute Gasteiger partial charge is 0.481 e. The molecular weight excluding hydrogens is 362 g/mol. The van der Waals surface area contributed by atoms with E-state index in [-0.39, 0.29) is 17.1 Å². The molecule has 0 radical (unpaired) electrons. The summed E-state index contributed by atoms with van der Waals surface area (Å²) < 4.78 is 1.79. The Balaban J connectivity index is 2.14. The lowest BCUT2D eigenvalue weighted by atomic mass is 10.1. The maximum Gasteiger partial charge on any atom is 0.303 e. The second kappa shape index (κ2) is 8.61. The van der Waals surface area contributed by atoms with Crippen molar-refractivity contribution in [3.63, 3.8) is 0 Å². The number of carboxylic acids is 1. The van der Waals surface area contributed by atoms with Gasteiger partial charge in [-0.15, -0.1) is 0 Å². The number of nitrogens with zero attached hydrogens (tertiary/aromatic N) is 2. The van der Waals surface area contributed by atoms with Gasteiger partial charge in [0, 0.05) is 29.0 Å². The van der Waals surface area contributed by atoms with Crippen LogP contribution in [0.2, 0.25) is 0 Å². The van der Waals surface area contributed by atoms with E-state index in [1.54, 1.807) is 28.6 Å². The van der Waals surface area contributed by atoms with Crippen LogP contribution in [0.1, 0.15) is 47.6 Å². The summed E-state index contributed by atoms with van der Waals surface area (Å²) in [4.78, 5) is 23.2. The number of benzene rings is 1. The third-order valence-electron chi connectivity index (χ3n) is 4.63. The molecule has 0 aliphatic heterocycles. The molecule has 0 atom stereocenters. The van der Waals surface area contributed by atoms with Crippen LogP contribution < -0.4 is 5.32 Å². The third-order valence-corrected chi connectivity index (χ3v) is 5.88. The Morgan fingerprint density at radius 3 is 2.41 bits per heavy atom. The predicted octanol–water partition coefficient (Wildman–Crippen LogP) is 3.38. The number of rotatable bonds is 8. The Kier molecular flexibility index (Phi) is 6.70. The van der Waals surface area contributed by atoms with Crippen molar-refractivity contribution in [2.45, 2.75) is 45.3 Å². The maximum absolute atomic E-state index is 12.3. The molecule has 27 heavy (non-hydrogen) atoms. The van der Waals surface area contributed by atoms with Crippen molar-refractivity contribution in [2.24, 2.45) is 0 Å². The zero-order valence-electron chi connectivity index (χ0n) is 16.5. The molecule has 2 rings (SSSR count). The second-order valence-corrected chi connectivity index (χ2v) is 8.66. The summed E-state index contributed by atoms with van der Waals surface area (Å²) in [6.45, 7) is 8.59. The first kappa shape index (κ1) is 21.0. The first-order valence-electron chi connectivity index (χ1n) is 8.85. The van der Waals surface area contributed by atoms with Crippen LogP contribution in [0.15, 0.2) is 24.3 Å². The molecule has 0 aliphatic carbocycles. The topological polar surface area (TPSA) is 84.2 Å². The Morgan fingerprint density at radius 1 is 1.22 bits per heavy atom. The fourth-order valence-electron chi connectivity index (χ4n) is 2.74. The maximum atomic E-state index is 12.3. The minimum Gasteiger partial charge on any atom is -0.481 e. The molecule has 1 aromatic heterocycles. The Morgan fingerprint density at radius 2 is 1.85 bits per heavy atom. The van der Waals surface area contributed by atoms with E-state index >= 15 is 0 Å². The number of amides is 1. The van der Waals surface area contributed by atoms with Crippen molar-refractivity contribution in [1.82, 2.24) is 15.1 Å². The molecule has 2 N–H and O–H groups in total. The molecule has 0 unspecified atom stereocenters. The Bertz CT molecular complexity index is 826. The molecule has 1 aromatic carbocycles. The number of hydrogen-bond acceptors (Lipinski definition) is 4. The van der Waals surface area contributed by atoms with Gasteiger partial charge in [0.25, 0.3) is 5.91 Å². The molecule has 7 heteroatoms. The number of aromatic nitrogens is 2. The molecule has 0 fully saturated rings. The van der Waals surface area contributed by atoms with E-state index in [1.807, 2.05) is 32.2 Å². The van der Waals surface area contributed by atoms with Crippen LogP contribution >= 0.6 is 11.8 Å². The minimum atomic E-state index is -0.818. The van der Waals surface area contributed by atoms with Gasteiger partial charge in [-0.25, -0.2) is 4.68 Å². The molecular formula is C20H27N3O3S. The summed E-state index contributed by atoms with van der Waals surface area (Å²) in [5.41, 5.74) is 4.16. The van der Waals surface area contributed by atoms with Crippen molar-refractivity contribution in [1.29, 1.82) is 0 Å². The van der Waals surface area contributed by atoms with Gasteiger partial charge in [0.1, 0.15) is 0 Å². The van der Waals surface area contributed by atoms with Gasteiger partial charge in [0.05, 0.1) is 11.4 Å². The van der Waals surface area contributed by atoms with Gasteiger partial charge in [0.2, 0.25) is 0 Å². The van der Waals surface area contributed by atoms with Gasteiger partial charge in [0.15, 0.2) is 0 Å². The van der Waals surface area contributed by atoms with Crippen LogP contribution in [-0.2, 0) is 11.2 Å². The SMILES string of the molecule is CSC(C)(C)CNC(=O)c1ccc(-n2nc(C)c(CCC(=O)O)c2C)cc1. The highest BCUT2D eigenvalue weighted by atomic mass is 32.2. The van der Waals surface area contributed by atoms with Crippen LogP contribution in [0, 0.1) is 13.8 Å². The lowest BCUT2D eigenvalue weighted by molar-refractivity contribution is -0.136. The van der Waals surface area contributed by atoms with Crippen LogP contribution in [0.5, 0.6) is 0 Å². The van der Waals surface area contributed by atoms with E-state index in [0.717, 1.165) is 22.6 Å². The fraction of sp³-hybridized carbons (Fsp3) is 0.450. The number of nitrogens with one attached hydrogen (secondary N) is 1. The van der Waals surface area contributed by atoms with Gasteiger partial charge in [-0.1, -0.05) is 0 Å². The lowest BCUT2D eigenvalue weighted by Gasteiger charge is -2.22. The highest BCUT2D eigenvalue weighted by Gasteiger charge is 2.18. The summed E-state index contributed by atoms with van der Waals surface area (Å²) in [7, 11) is 0. The molecule has 1 heterocycles. The van der Waals surface area contributed by atoms with E-state index in [1.165, 1.54) is 0 Å². The normalized spacial score (nSPS) is 11.4. The zero-order chi connectivity index (χ0) is 20.2. The molecule has 0 saturated heterocycles. The number of hydrogen-bond donors (Lipinski definition) is 2. The van der Waals surface area contributed by atoms with Gasteiger partial charge in [-0.3, -0.25) is 9.59 Å². The number of carbonyl (C=O) groups is 2. The molecule has 146 valence electrons. The lowest BCUT2D eigenvalue weighted by Crippen LogP contribution is -2.36. The molecule has 6 nitrogen and oxygen atoms in total. The first-order chi connectivity index (χ1) is 12.6. The zero-order valence-corrected chi connectivity index (χ0v) is 17.3. The predicted molar refractivity (Wildman–Crippen MR) is 109 cm³/mol. The van der Waals surface area contributed by atoms with Crippen molar-refractivity contribution < 1.29 is 14.7 Å². The second-order valence-electron chi connectivity index (χ2n) is 7.15. The summed E-state index contributed by atoms with van der Waals surface area (Å²) in [6, 6.07) is 7.28. The van der Waals surface area contributed by atoms with Gasteiger partial charge < -0.3 is 10.4 Å². The standard InChI is InChI=1S/C20H27N3O3S/c1-13-17(10-11-18(24)25)14(2)23(22-13)16-8-6-15(7-9-16)19(26)21-12-20(3,4)27-5/h6-9H,10-12H2,1-5H3,(H,21,26)(H,24,25). The first-order valence-corrected chi connectivity index (χ1v) is 10.1. The number of thioether (sulfide) groups is 1. The summed E-state index contributed by atoms with van der Waals surface area (Å²) in [5.74, 6) is -0.916. The fourth-order valence-corrected chi connectivity index (χ4v) is 2.96. The average Bonchev–Trinajstić information content (AvgIpc) is 2.92. The highest BCUT2D eigenvalue weighted by Crippen LogP contribution is 2.21. The van der Waals surface area contributed by atoms with E-state index in [2.05, 4.69) is 24.3 Å². The molecule has 0 saturated carbocycles. The van der Waals surface area contributed by atoms with Crippen LogP contribution in [-0.4, -0.2) is 44.3 Å².